The van der Waals surface area contributed by atoms with E-state index >= 15 is 0 Å². The summed E-state index contributed by atoms with van der Waals surface area (Å²) in [5.41, 5.74) is 0.458. The molecule has 2 fully saturated rings. The Kier molecular flexibility index (Phi) is 1.71. The van der Waals surface area contributed by atoms with E-state index in [1.165, 1.54) is 32.2 Å². The quantitative estimate of drug-likeness (QED) is 0.557. The summed E-state index contributed by atoms with van der Waals surface area (Å²) in [6.45, 7) is 6.06. The molecule has 0 spiro atoms. The van der Waals surface area contributed by atoms with Gasteiger partial charge in [0.25, 0.3) is 0 Å². The molecule has 0 bridgehead atoms. The van der Waals surface area contributed by atoms with E-state index in [1.807, 2.05) is 0 Å². The summed E-state index contributed by atoms with van der Waals surface area (Å²) < 4.78 is 0. The molecule has 0 N–H and O–H groups in total. The third-order valence-electron chi connectivity index (χ3n) is 2.98. The number of hydrogen-bond acceptors (Lipinski definition) is 1. The van der Waals surface area contributed by atoms with Gasteiger partial charge in [-0.25, -0.2) is 0 Å². The average molecular weight is 152 g/mol. The van der Waals surface area contributed by atoms with Crippen LogP contribution in [-0.2, 0) is 0 Å². The first-order valence-electron chi connectivity index (χ1n) is 4.78. The molecule has 1 aliphatic heterocycles. The van der Waals surface area contributed by atoms with Crippen molar-refractivity contribution in [2.24, 2.45) is 0 Å². The van der Waals surface area contributed by atoms with Crippen LogP contribution in [-0.4, -0.2) is 23.0 Å². The molecule has 0 unspecified atom stereocenters. The molecular weight excluding hydrogens is 134 g/mol. The molecule has 11 heavy (non-hydrogen) atoms. The fourth-order valence-corrected chi connectivity index (χ4v) is 2.17. The van der Waals surface area contributed by atoms with E-state index in [1.54, 1.807) is 0 Å². The van der Waals surface area contributed by atoms with Crippen LogP contribution in [0.15, 0.2) is 0 Å². The van der Waals surface area contributed by atoms with Crippen LogP contribution in [0.5, 0.6) is 0 Å². The summed E-state index contributed by atoms with van der Waals surface area (Å²) in [5.74, 6) is 0. The van der Waals surface area contributed by atoms with Crippen molar-refractivity contribution in [1.29, 1.82) is 0 Å². The van der Waals surface area contributed by atoms with Crippen molar-refractivity contribution in [3.05, 3.63) is 6.42 Å². The van der Waals surface area contributed by atoms with Crippen molar-refractivity contribution in [2.75, 3.05) is 6.54 Å². The lowest BCUT2D eigenvalue weighted by atomic mass is 9.90. The van der Waals surface area contributed by atoms with Crippen molar-refractivity contribution in [2.45, 2.75) is 51.1 Å². The van der Waals surface area contributed by atoms with Gasteiger partial charge in [-0.05, 0) is 52.5 Å². The molecule has 0 atom stereocenters. The minimum Gasteiger partial charge on any atom is -0.295 e. The number of likely N-dealkylation sites (tertiary alicyclic amines) is 1. The zero-order valence-electron chi connectivity index (χ0n) is 7.64. The Labute approximate surface area is 69.8 Å². The van der Waals surface area contributed by atoms with E-state index < -0.39 is 0 Å². The lowest BCUT2D eigenvalue weighted by molar-refractivity contribution is 0.0890. The standard InChI is InChI=1S/C10H18N/c1-10(2)7-3-4-8-11(10)9-5-6-9/h3,9H,4-8H2,1-2H3. The molecule has 1 saturated heterocycles. The Morgan fingerprint density at radius 1 is 1.36 bits per heavy atom. The summed E-state index contributed by atoms with van der Waals surface area (Å²) in [4.78, 5) is 2.70. The van der Waals surface area contributed by atoms with Crippen LogP contribution in [0.2, 0.25) is 0 Å². The first kappa shape index (κ1) is 7.60. The highest BCUT2D eigenvalue weighted by Gasteiger charge is 2.39. The predicted octanol–water partition coefficient (Wildman–Crippen LogP) is 2.23. The second-order valence-corrected chi connectivity index (χ2v) is 4.52. The van der Waals surface area contributed by atoms with Crippen LogP contribution < -0.4 is 0 Å². The predicted molar refractivity (Wildman–Crippen MR) is 47.3 cm³/mol. The molecule has 0 aromatic carbocycles. The summed E-state index contributed by atoms with van der Waals surface area (Å²) in [7, 11) is 0. The van der Waals surface area contributed by atoms with Crippen LogP contribution in [0.25, 0.3) is 0 Å². The molecule has 2 rings (SSSR count). The van der Waals surface area contributed by atoms with Gasteiger partial charge in [-0.15, -0.1) is 0 Å². The van der Waals surface area contributed by atoms with Crippen molar-refractivity contribution in [3.8, 4) is 0 Å². The third kappa shape index (κ3) is 1.44. The van der Waals surface area contributed by atoms with Gasteiger partial charge in [0.05, 0.1) is 0 Å². The van der Waals surface area contributed by atoms with Crippen LogP contribution in [0.4, 0.5) is 0 Å². The lowest BCUT2D eigenvalue weighted by Gasteiger charge is -2.42. The maximum atomic E-state index is 2.70. The first-order chi connectivity index (χ1) is 5.20. The van der Waals surface area contributed by atoms with E-state index in [4.69, 9.17) is 0 Å². The number of nitrogens with zero attached hydrogens (tertiary/aromatic N) is 1. The van der Waals surface area contributed by atoms with Crippen LogP contribution >= 0.6 is 0 Å². The zero-order valence-corrected chi connectivity index (χ0v) is 7.64. The fraction of sp³-hybridized carbons (Fsp3) is 0.900. The molecule has 2 aliphatic rings. The maximum absolute atomic E-state index is 2.70. The van der Waals surface area contributed by atoms with Gasteiger partial charge in [0.15, 0.2) is 0 Å². The Bertz CT molecular complexity index is 147. The SMILES string of the molecule is CC1(C)C[CH]CCN1C1CC1. The molecule has 0 aromatic heterocycles. The van der Waals surface area contributed by atoms with E-state index in [2.05, 4.69) is 25.2 Å². The molecule has 1 nitrogen and oxygen atoms in total. The van der Waals surface area contributed by atoms with E-state index in [9.17, 15) is 0 Å². The summed E-state index contributed by atoms with van der Waals surface area (Å²) in [6.07, 6.45) is 7.93. The maximum Gasteiger partial charge on any atom is 0.0158 e. The second kappa shape index (κ2) is 2.48. The molecular formula is C10H18N. The lowest BCUT2D eigenvalue weighted by Crippen LogP contribution is -2.48. The Morgan fingerprint density at radius 2 is 2.09 bits per heavy atom. The Balaban J connectivity index is 2.02. The Morgan fingerprint density at radius 3 is 2.64 bits per heavy atom. The van der Waals surface area contributed by atoms with Gasteiger partial charge in [-0.2, -0.15) is 0 Å². The average Bonchev–Trinajstić information content (AvgIpc) is 2.69. The molecule has 1 heterocycles. The van der Waals surface area contributed by atoms with E-state index in [0.29, 0.717) is 5.54 Å². The summed E-state index contributed by atoms with van der Waals surface area (Å²) >= 11 is 0. The van der Waals surface area contributed by atoms with Gasteiger partial charge in [0.1, 0.15) is 0 Å². The largest absolute Gasteiger partial charge is 0.295 e. The van der Waals surface area contributed by atoms with Gasteiger partial charge in [0, 0.05) is 11.6 Å². The molecule has 1 aliphatic carbocycles. The van der Waals surface area contributed by atoms with Crippen LogP contribution in [0.3, 0.4) is 0 Å². The Hall–Kier alpha value is -0.0400. The number of rotatable bonds is 1. The number of piperidine rings is 1. The molecule has 0 amide bonds. The van der Waals surface area contributed by atoms with Gasteiger partial charge >= 0.3 is 0 Å². The van der Waals surface area contributed by atoms with Crippen LogP contribution in [0, 0.1) is 6.42 Å². The number of hydrogen-bond donors (Lipinski definition) is 0. The molecule has 0 aromatic rings. The zero-order chi connectivity index (χ0) is 7.90. The minimum absolute atomic E-state index is 0.458. The van der Waals surface area contributed by atoms with Crippen LogP contribution in [0.1, 0.15) is 39.5 Å². The fourth-order valence-electron chi connectivity index (χ4n) is 2.17. The monoisotopic (exact) mass is 152 g/mol. The smallest absolute Gasteiger partial charge is 0.0158 e. The first-order valence-corrected chi connectivity index (χ1v) is 4.78. The van der Waals surface area contributed by atoms with Crippen molar-refractivity contribution < 1.29 is 0 Å². The highest BCUT2D eigenvalue weighted by Crippen LogP contribution is 2.37. The van der Waals surface area contributed by atoms with Gasteiger partial charge in [0.2, 0.25) is 0 Å². The second-order valence-electron chi connectivity index (χ2n) is 4.52. The van der Waals surface area contributed by atoms with Crippen molar-refractivity contribution >= 4 is 0 Å². The normalized spacial score (nSPS) is 32.2. The third-order valence-corrected chi connectivity index (χ3v) is 2.98. The van der Waals surface area contributed by atoms with Crippen molar-refractivity contribution in [1.82, 2.24) is 4.90 Å². The highest BCUT2D eigenvalue weighted by molar-refractivity contribution is 4.99. The van der Waals surface area contributed by atoms with Gasteiger partial charge in [-0.3, -0.25) is 4.90 Å². The minimum atomic E-state index is 0.458. The van der Waals surface area contributed by atoms with E-state index in [-0.39, 0.29) is 0 Å². The van der Waals surface area contributed by atoms with Crippen molar-refractivity contribution in [3.63, 3.8) is 0 Å². The topological polar surface area (TPSA) is 3.24 Å². The highest BCUT2D eigenvalue weighted by atomic mass is 15.2. The summed E-state index contributed by atoms with van der Waals surface area (Å²) in [6, 6.07) is 0.943. The van der Waals surface area contributed by atoms with Gasteiger partial charge in [-0.1, -0.05) is 0 Å². The summed E-state index contributed by atoms with van der Waals surface area (Å²) in [5, 5.41) is 0. The molecule has 63 valence electrons. The molecule has 1 saturated carbocycles. The van der Waals surface area contributed by atoms with E-state index in [0.717, 1.165) is 6.04 Å². The van der Waals surface area contributed by atoms with Gasteiger partial charge < -0.3 is 0 Å². The molecule has 1 heteroatoms. The molecule has 1 radical (unpaired) electrons.